The van der Waals surface area contributed by atoms with E-state index in [9.17, 15) is 4.79 Å². The van der Waals surface area contributed by atoms with Crippen molar-refractivity contribution in [1.82, 2.24) is 0 Å². The minimum absolute atomic E-state index is 0.463. The van der Waals surface area contributed by atoms with E-state index >= 15 is 0 Å². The van der Waals surface area contributed by atoms with Crippen LogP contribution < -0.4 is 5.73 Å². The van der Waals surface area contributed by atoms with E-state index < -0.39 is 5.24 Å². The summed E-state index contributed by atoms with van der Waals surface area (Å²) in [5, 5.41) is -0.463. The van der Waals surface area contributed by atoms with Gasteiger partial charge in [-0.05, 0) is 36.2 Å². The smallest absolute Gasteiger partial charge is 0.252 e. The van der Waals surface area contributed by atoms with Crippen LogP contribution in [0.5, 0.6) is 0 Å². The fourth-order valence-corrected chi connectivity index (χ4v) is 1.05. The Hall–Kier alpha value is -1.02. The second kappa shape index (κ2) is 2.93. The zero-order valence-corrected chi connectivity index (χ0v) is 6.85. The van der Waals surface area contributed by atoms with Gasteiger partial charge >= 0.3 is 0 Å². The number of carbonyl (C=O) groups excluding carboxylic acids is 1. The molecule has 0 spiro atoms. The molecule has 0 unspecified atom stereocenters. The van der Waals surface area contributed by atoms with Crippen LogP contribution in [0.3, 0.4) is 0 Å². The van der Waals surface area contributed by atoms with Gasteiger partial charge in [-0.25, -0.2) is 0 Å². The number of hydrogen-bond acceptors (Lipinski definition) is 2. The Labute approximate surface area is 70.0 Å². The van der Waals surface area contributed by atoms with Gasteiger partial charge in [-0.1, -0.05) is 6.07 Å². The van der Waals surface area contributed by atoms with Crippen LogP contribution >= 0.6 is 11.6 Å². The molecular weight excluding hydrogens is 162 g/mol. The molecule has 0 aliphatic carbocycles. The Kier molecular flexibility index (Phi) is 2.15. The van der Waals surface area contributed by atoms with Crippen LogP contribution in [-0.2, 0) is 0 Å². The number of anilines is 1. The molecule has 1 aromatic carbocycles. The van der Waals surface area contributed by atoms with Crippen molar-refractivity contribution in [3.63, 3.8) is 0 Å². The Morgan fingerprint density at radius 2 is 2.18 bits per heavy atom. The summed E-state index contributed by atoms with van der Waals surface area (Å²) in [6.07, 6.45) is 0. The highest BCUT2D eigenvalue weighted by Crippen LogP contribution is 2.14. The molecule has 1 rings (SSSR count). The predicted octanol–water partition coefficient (Wildman–Crippen LogP) is 1.96. The number of rotatable bonds is 1. The minimum atomic E-state index is -0.463. The largest absolute Gasteiger partial charge is 0.399 e. The van der Waals surface area contributed by atoms with E-state index in [-0.39, 0.29) is 0 Å². The van der Waals surface area contributed by atoms with Crippen LogP contribution in [0.4, 0.5) is 5.69 Å². The Bertz CT molecular complexity index is 296. The Balaban J connectivity index is 3.23. The zero-order valence-electron chi connectivity index (χ0n) is 6.10. The van der Waals surface area contributed by atoms with Gasteiger partial charge in [0.05, 0.1) is 0 Å². The number of benzene rings is 1. The minimum Gasteiger partial charge on any atom is -0.399 e. The third kappa shape index (κ3) is 1.71. The van der Waals surface area contributed by atoms with Crippen molar-refractivity contribution in [2.45, 2.75) is 6.92 Å². The molecule has 2 nitrogen and oxygen atoms in total. The molecule has 2 N–H and O–H groups in total. The summed E-state index contributed by atoms with van der Waals surface area (Å²) in [5.74, 6) is 0. The average molecular weight is 170 g/mol. The number of halogens is 1. The molecule has 1 aromatic rings. The van der Waals surface area contributed by atoms with Crippen molar-refractivity contribution in [3.05, 3.63) is 29.3 Å². The lowest BCUT2D eigenvalue weighted by Crippen LogP contribution is -1.95. The average Bonchev–Trinajstić information content (AvgIpc) is 1.94. The number of hydrogen-bond donors (Lipinski definition) is 1. The monoisotopic (exact) mass is 169 g/mol. The maximum Gasteiger partial charge on any atom is 0.252 e. The molecule has 0 radical (unpaired) electrons. The molecule has 0 heterocycles. The molecule has 0 saturated heterocycles. The lowest BCUT2D eigenvalue weighted by molar-refractivity contribution is 0.108. The molecule has 0 aliphatic rings. The molecule has 11 heavy (non-hydrogen) atoms. The summed E-state index contributed by atoms with van der Waals surface area (Å²) in [5.41, 5.74) is 7.33. The first kappa shape index (κ1) is 8.08. The molecule has 0 saturated carbocycles. The van der Waals surface area contributed by atoms with Gasteiger partial charge in [-0.2, -0.15) is 0 Å². The van der Waals surface area contributed by atoms with E-state index in [2.05, 4.69) is 0 Å². The van der Waals surface area contributed by atoms with Crippen molar-refractivity contribution >= 4 is 22.5 Å². The lowest BCUT2D eigenvalue weighted by Gasteiger charge is -2.00. The van der Waals surface area contributed by atoms with Crippen LogP contribution in [0.2, 0.25) is 0 Å². The van der Waals surface area contributed by atoms with Crippen LogP contribution in [-0.4, -0.2) is 5.24 Å². The van der Waals surface area contributed by atoms with E-state index in [4.69, 9.17) is 17.3 Å². The first-order chi connectivity index (χ1) is 5.11. The SMILES string of the molecule is Cc1ccc(N)cc1C(=O)Cl. The molecule has 0 atom stereocenters. The van der Waals surface area contributed by atoms with Gasteiger partial charge in [0.15, 0.2) is 0 Å². The van der Waals surface area contributed by atoms with Crippen LogP contribution in [0.25, 0.3) is 0 Å². The summed E-state index contributed by atoms with van der Waals surface area (Å²) in [6, 6.07) is 5.08. The van der Waals surface area contributed by atoms with E-state index in [0.29, 0.717) is 11.3 Å². The third-order valence-corrected chi connectivity index (χ3v) is 1.68. The van der Waals surface area contributed by atoms with E-state index in [0.717, 1.165) is 5.56 Å². The first-order valence-corrected chi connectivity index (χ1v) is 3.55. The van der Waals surface area contributed by atoms with Gasteiger partial charge in [0, 0.05) is 11.3 Å². The van der Waals surface area contributed by atoms with Crippen LogP contribution in [0.15, 0.2) is 18.2 Å². The van der Waals surface area contributed by atoms with E-state index in [1.54, 1.807) is 18.2 Å². The van der Waals surface area contributed by atoms with Crippen molar-refractivity contribution in [2.75, 3.05) is 5.73 Å². The maximum atomic E-state index is 10.7. The molecule has 0 aliphatic heterocycles. The topological polar surface area (TPSA) is 43.1 Å². The molecular formula is C8H8ClNO. The van der Waals surface area contributed by atoms with Gasteiger partial charge in [0.1, 0.15) is 0 Å². The molecule has 0 bridgehead atoms. The molecule has 0 amide bonds. The van der Waals surface area contributed by atoms with Crippen molar-refractivity contribution in [3.8, 4) is 0 Å². The van der Waals surface area contributed by atoms with Crippen molar-refractivity contribution in [1.29, 1.82) is 0 Å². The number of nitrogens with two attached hydrogens (primary N) is 1. The second-order valence-corrected chi connectivity index (χ2v) is 2.69. The van der Waals surface area contributed by atoms with Gasteiger partial charge < -0.3 is 5.73 Å². The fourth-order valence-electron chi connectivity index (χ4n) is 0.851. The Morgan fingerprint density at radius 1 is 1.55 bits per heavy atom. The van der Waals surface area contributed by atoms with Crippen molar-refractivity contribution in [2.24, 2.45) is 0 Å². The lowest BCUT2D eigenvalue weighted by atomic mass is 10.1. The number of carbonyl (C=O) groups is 1. The normalized spacial score (nSPS) is 9.64. The van der Waals surface area contributed by atoms with Crippen LogP contribution in [0.1, 0.15) is 15.9 Å². The summed E-state index contributed by atoms with van der Waals surface area (Å²) in [6.45, 7) is 1.81. The summed E-state index contributed by atoms with van der Waals surface area (Å²) in [4.78, 5) is 10.7. The quantitative estimate of drug-likeness (QED) is 0.516. The van der Waals surface area contributed by atoms with Gasteiger partial charge in [-0.15, -0.1) is 0 Å². The highest BCUT2D eigenvalue weighted by Gasteiger charge is 2.04. The molecule has 58 valence electrons. The summed E-state index contributed by atoms with van der Waals surface area (Å²) < 4.78 is 0. The first-order valence-electron chi connectivity index (χ1n) is 3.17. The van der Waals surface area contributed by atoms with Crippen LogP contribution in [0, 0.1) is 6.92 Å². The van der Waals surface area contributed by atoms with Crippen molar-refractivity contribution < 1.29 is 4.79 Å². The van der Waals surface area contributed by atoms with Gasteiger partial charge in [-0.3, -0.25) is 4.79 Å². The third-order valence-electron chi connectivity index (χ3n) is 1.47. The van der Waals surface area contributed by atoms with E-state index in [1.807, 2.05) is 6.92 Å². The summed E-state index contributed by atoms with van der Waals surface area (Å²) in [7, 11) is 0. The van der Waals surface area contributed by atoms with Gasteiger partial charge in [0.25, 0.3) is 5.24 Å². The number of aryl methyl sites for hydroxylation is 1. The zero-order chi connectivity index (χ0) is 8.43. The fraction of sp³-hybridized carbons (Fsp3) is 0.125. The molecule has 0 fully saturated rings. The highest BCUT2D eigenvalue weighted by atomic mass is 35.5. The molecule has 3 heteroatoms. The second-order valence-electron chi connectivity index (χ2n) is 2.35. The predicted molar refractivity (Wildman–Crippen MR) is 45.8 cm³/mol. The number of nitrogen functional groups attached to an aromatic ring is 1. The standard InChI is InChI=1S/C8H8ClNO/c1-5-2-3-6(10)4-7(5)8(9)11/h2-4H,10H2,1H3. The maximum absolute atomic E-state index is 10.7. The summed E-state index contributed by atoms with van der Waals surface area (Å²) >= 11 is 5.29. The molecule has 0 aromatic heterocycles. The van der Waals surface area contributed by atoms with Gasteiger partial charge in [0.2, 0.25) is 0 Å². The van der Waals surface area contributed by atoms with E-state index in [1.165, 1.54) is 0 Å². The highest BCUT2D eigenvalue weighted by molar-refractivity contribution is 6.68. The Morgan fingerprint density at radius 3 is 2.64 bits per heavy atom.